The molecule has 0 saturated carbocycles. The second-order valence-corrected chi connectivity index (χ2v) is 7.55. The number of alkyl halides is 3. The van der Waals surface area contributed by atoms with Crippen molar-refractivity contribution < 1.29 is 18.0 Å². The van der Waals surface area contributed by atoms with Gasteiger partial charge in [-0.3, -0.25) is 14.5 Å². The minimum absolute atomic E-state index is 0.255. The van der Waals surface area contributed by atoms with Crippen LogP contribution in [0.3, 0.4) is 0 Å². The number of hydrogen-bond acceptors (Lipinski definition) is 4. The average Bonchev–Trinajstić information content (AvgIpc) is 3.18. The topological polar surface area (TPSA) is 83.6 Å². The quantitative estimate of drug-likeness (QED) is 0.630. The first kappa shape index (κ1) is 20.9. The number of fused-ring (bicyclic) bond motifs is 1. The van der Waals surface area contributed by atoms with Crippen LogP contribution in [0.25, 0.3) is 11.3 Å². The SMILES string of the molecule is N#Cc1cc(Cl)cc(C(=O)N[C@@H]2CCCn3nc(-c4ccnc(C(F)(F)F)c4)cc32)c1. The third-order valence-corrected chi connectivity index (χ3v) is 5.19. The number of carbonyl (C=O) groups excluding carboxylic acids is 1. The Labute approximate surface area is 180 Å². The van der Waals surface area contributed by atoms with Gasteiger partial charge in [-0.2, -0.15) is 23.5 Å². The molecule has 0 fully saturated rings. The monoisotopic (exact) mass is 445 g/mol. The van der Waals surface area contributed by atoms with Crippen LogP contribution in [0, 0.1) is 11.3 Å². The number of nitrogens with zero attached hydrogens (tertiary/aromatic N) is 4. The van der Waals surface area contributed by atoms with Crippen LogP contribution in [0.2, 0.25) is 5.02 Å². The number of halogens is 4. The zero-order chi connectivity index (χ0) is 22.2. The van der Waals surface area contributed by atoms with Crippen LogP contribution < -0.4 is 5.32 Å². The Kier molecular flexibility index (Phi) is 5.41. The summed E-state index contributed by atoms with van der Waals surface area (Å²) in [5.74, 6) is -0.400. The van der Waals surface area contributed by atoms with Crippen molar-refractivity contribution in [1.29, 1.82) is 5.26 Å². The van der Waals surface area contributed by atoms with Crippen LogP contribution in [-0.2, 0) is 12.7 Å². The van der Waals surface area contributed by atoms with E-state index in [-0.39, 0.29) is 22.2 Å². The number of benzene rings is 1. The molecule has 1 amide bonds. The van der Waals surface area contributed by atoms with Gasteiger partial charge in [0.2, 0.25) is 0 Å². The van der Waals surface area contributed by atoms with E-state index < -0.39 is 17.8 Å². The maximum absolute atomic E-state index is 13.0. The van der Waals surface area contributed by atoms with Crippen molar-refractivity contribution in [3.05, 3.63) is 70.1 Å². The van der Waals surface area contributed by atoms with Gasteiger partial charge in [0.25, 0.3) is 5.91 Å². The summed E-state index contributed by atoms with van der Waals surface area (Å²) in [4.78, 5) is 16.1. The lowest BCUT2D eigenvalue weighted by atomic mass is 10.0. The predicted octanol–water partition coefficient (Wildman–Crippen LogP) is 4.75. The minimum Gasteiger partial charge on any atom is -0.344 e. The molecule has 2 aromatic heterocycles. The normalized spacial score (nSPS) is 15.8. The highest BCUT2D eigenvalue weighted by Gasteiger charge is 2.33. The van der Waals surface area contributed by atoms with Crippen LogP contribution in [0.1, 0.15) is 46.2 Å². The largest absolute Gasteiger partial charge is 0.433 e. The number of pyridine rings is 1. The van der Waals surface area contributed by atoms with E-state index in [9.17, 15) is 18.0 Å². The van der Waals surface area contributed by atoms with E-state index in [2.05, 4.69) is 15.4 Å². The van der Waals surface area contributed by atoms with Crippen molar-refractivity contribution in [2.45, 2.75) is 31.6 Å². The zero-order valence-corrected chi connectivity index (χ0v) is 16.7. The molecule has 3 heterocycles. The summed E-state index contributed by atoms with van der Waals surface area (Å²) in [6.45, 7) is 0.592. The molecule has 0 radical (unpaired) electrons. The summed E-state index contributed by atoms with van der Waals surface area (Å²) in [5.41, 5.74) is 0.899. The van der Waals surface area contributed by atoms with E-state index >= 15 is 0 Å². The van der Waals surface area contributed by atoms with Crippen molar-refractivity contribution in [3.63, 3.8) is 0 Å². The second-order valence-electron chi connectivity index (χ2n) is 7.11. The predicted molar refractivity (Wildman–Crippen MR) is 106 cm³/mol. The Hall–Kier alpha value is -3.38. The van der Waals surface area contributed by atoms with Gasteiger partial charge < -0.3 is 5.32 Å². The van der Waals surface area contributed by atoms with Crippen molar-refractivity contribution in [2.75, 3.05) is 0 Å². The van der Waals surface area contributed by atoms with Gasteiger partial charge in [0.05, 0.1) is 29.1 Å². The molecular formula is C21H15ClF3N5O. The maximum atomic E-state index is 13.0. The van der Waals surface area contributed by atoms with E-state index in [1.54, 1.807) is 10.7 Å². The Morgan fingerprint density at radius 3 is 2.81 bits per heavy atom. The Morgan fingerprint density at radius 1 is 1.26 bits per heavy atom. The fourth-order valence-corrected chi connectivity index (χ4v) is 3.78. The van der Waals surface area contributed by atoms with Crippen molar-refractivity contribution in [3.8, 4) is 17.3 Å². The fraction of sp³-hybridized carbons (Fsp3) is 0.238. The molecule has 0 spiro atoms. The molecule has 0 bridgehead atoms. The highest BCUT2D eigenvalue weighted by molar-refractivity contribution is 6.31. The molecule has 31 heavy (non-hydrogen) atoms. The summed E-state index contributed by atoms with van der Waals surface area (Å²) in [5, 5.41) is 16.7. The molecule has 10 heteroatoms. The smallest absolute Gasteiger partial charge is 0.344 e. The standard InChI is InChI=1S/C21H15ClF3N5O/c22-15-7-12(11-26)6-14(8-15)20(31)28-16-2-1-5-30-18(16)10-17(29-30)13-3-4-27-19(9-13)21(23,24)25/h3-4,6-10,16H,1-2,5H2,(H,28,31)/t16-/m1/s1. The zero-order valence-electron chi connectivity index (χ0n) is 15.9. The van der Waals surface area contributed by atoms with Gasteiger partial charge in [0, 0.05) is 28.9 Å². The van der Waals surface area contributed by atoms with Crippen molar-refractivity contribution in [1.82, 2.24) is 20.1 Å². The molecule has 0 unspecified atom stereocenters. The van der Waals surface area contributed by atoms with Crippen LogP contribution in [0.15, 0.2) is 42.6 Å². The number of rotatable bonds is 3. The van der Waals surface area contributed by atoms with Gasteiger partial charge in [0.15, 0.2) is 0 Å². The molecule has 4 rings (SSSR count). The average molecular weight is 446 g/mol. The Morgan fingerprint density at radius 2 is 2.06 bits per heavy atom. The fourth-order valence-electron chi connectivity index (χ4n) is 3.54. The van der Waals surface area contributed by atoms with Gasteiger partial charge >= 0.3 is 6.18 Å². The third kappa shape index (κ3) is 4.39. The number of aromatic nitrogens is 3. The summed E-state index contributed by atoms with van der Waals surface area (Å²) >= 11 is 5.98. The highest BCUT2D eigenvalue weighted by atomic mass is 35.5. The Bertz CT molecular complexity index is 1200. The lowest BCUT2D eigenvalue weighted by molar-refractivity contribution is -0.141. The van der Waals surface area contributed by atoms with E-state index in [0.29, 0.717) is 29.9 Å². The molecule has 3 aromatic rings. The van der Waals surface area contributed by atoms with E-state index in [1.807, 2.05) is 6.07 Å². The van der Waals surface area contributed by atoms with Gasteiger partial charge in [-0.1, -0.05) is 11.6 Å². The van der Waals surface area contributed by atoms with Crippen LogP contribution >= 0.6 is 11.6 Å². The molecular weight excluding hydrogens is 431 g/mol. The van der Waals surface area contributed by atoms with Crippen LogP contribution in [0.5, 0.6) is 0 Å². The van der Waals surface area contributed by atoms with Crippen LogP contribution in [-0.4, -0.2) is 20.7 Å². The summed E-state index contributed by atoms with van der Waals surface area (Å²) in [6, 6.07) is 10.1. The van der Waals surface area contributed by atoms with E-state index in [4.69, 9.17) is 16.9 Å². The van der Waals surface area contributed by atoms with Gasteiger partial charge in [-0.15, -0.1) is 0 Å². The molecule has 158 valence electrons. The molecule has 6 nitrogen and oxygen atoms in total. The molecule has 1 aliphatic rings. The first-order valence-corrected chi connectivity index (χ1v) is 9.75. The molecule has 1 aliphatic heterocycles. The molecule has 1 atom stereocenters. The summed E-state index contributed by atoms with van der Waals surface area (Å²) in [7, 11) is 0. The third-order valence-electron chi connectivity index (χ3n) is 4.97. The number of nitriles is 1. The highest BCUT2D eigenvalue weighted by Crippen LogP contribution is 2.33. The number of amides is 1. The lowest BCUT2D eigenvalue weighted by Gasteiger charge is -2.24. The van der Waals surface area contributed by atoms with Gasteiger partial charge in [0.1, 0.15) is 5.69 Å². The number of nitrogens with one attached hydrogen (secondary N) is 1. The second kappa shape index (κ2) is 8.04. The number of aryl methyl sites for hydroxylation is 1. The molecule has 1 N–H and O–H groups in total. The van der Waals surface area contributed by atoms with Crippen molar-refractivity contribution >= 4 is 17.5 Å². The van der Waals surface area contributed by atoms with Gasteiger partial charge in [-0.25, -0.2) is 0 Å². The molecule has 0 saturated heterocycles. The van der Waals surface area contributed by atoms with E-state index in [1.165, 1.54) is 24.3 Å². The number of hydrogen-bond donors (Lipinski definition) is 1. The summed E-state index contributed by atoms with van der Waals surface area (Å²) < 4.78 is 40.7. The number of carbonyl (C=O) groups is 1. The molecule has 1 aromatic carbocycles. The Balaban J connectivity index is 1.61. The minimum atomic E-state index is -4.55. The molecule has 0 aliphatic carbocycles. The van der Waals surface area contributed by atoms with Crippen molar-refractivity contribution in [2.24, 2.45) is 0 Å². The summed E-state index contributed by atoms with van der Waals surface area (Å²) in [6.07, 6.45) is -2.07. The van der Waals surface area contributed by atoms with E-state index in [0.717, 1.165) is 18.7 Å². The maximum Gasteiger partial charge on any atom is 0.433 e. The van der Waals surface area contributed by atoms with Crippen LogP contribution in [0.4, 0.5) is 13.2 Å². The first-order chi connectivity index (χ1) is 14.7. The lowest BCUT2D eigenvalue weighted by Crippen LogP contribution is -2.32. The first-order valence-electron chi connectivity index (χ1n) is 9.37. The van der Waals surface area contributed by atoms with Gasteiger partial charge in [-0.05, 0) is 49.2 Å².